The number of pyridine rings is 1. The molecule has 0 saturated carbocycles. The van der Waals surface area contributed by atoms with E-state index in [4.69, 9.17) is 4.99 Å². The Morgan fingerprint density at radius 2 is 1.90 bits per heavy atom. The van der Waals surface area contributed by atoms with Gasteiger partial charge in [0.15, 0.2) is 5.96 Å². The normalized spacial score (nSPS) is 15.8. The van der Waals surface area contributed by atoms with Crippen molar-refractivity contribution in [1.29, 1.82) is 0 Å². The molecule has 1 aliphatic rings. The topological polar surface area (TPSA) is 55.8 Å². The van der Waals surface area contributed by atoms with Crippen molar-refractivity contribution in [3.05, 3.63) is 59.5 Å². The average molecular weight is 427 g/mol. The number of halogens is 1. The maximum atomic E-state index is 13.6. The molecule has 6 nitrogen and oxygen atoms in total. The lowest BCUT2D eigenvalue weighted by Gasteiger charge is -2.33. The predicted octanol–water partition coefficient (Wildman–Crippen LogP) is 3.01. The van der Waals surface area contributed by atoms with E-state index < -0.39 is 0 Å². The number of benzene rings is 1. The lowest BCUT2D eigenvalue weighted by molar-refractivity contribution is 0.312. The molecule has 3 rings (SSSR count). The number of hydrogen-bond donors (Lipinski definition) is 2. The fourth-order valence-corrected chi connectivity index (χ4v) is 3.56. The molecular weight excluding hydrogens is 391 g/mol. The zero-order valence-electron chi connectivity index (χ0n) is 19.2. The summed E-state index contributed by atoms with van der Waals surface area (Å²) in [6, 6.07) is 11.0. The number of likely N-dealkylation sites (N-methyl/N-ethyl adjacent to an activating group) is 1. The second-order valence-corrected chi connectivity index (χ2v) is 8.76. The van der Waals surface area contributed by atoms with Gasteiger partial charge < -0.3 is 20.4 Å². The number of hydrogen-bond acceptors (Lipinski definition) is 4. The van der Waals surface area contributed by atoms with Gasteiger partial charge in [-0.2, -0.15) is 0 Å². The highest BCUT2D eigenvalue weighted by Gasteiger charge is 2.21. The van der Waals surface area contributed by atoms with E-state index in [-0.39, 0.29) is 11.2 Å². The average Bonchev–Trinajstić information content (AvgIpc) is 2.77. The summed E-state index contributed by atoms with van der Waals surface area (Å²) in [6.45, 7) is 12.4. The molecule has 1 aliphatic heterocycles. The van der Waals surface area contributed by atoms with Crippen LogP contribution in [0, 0.1) is 5.82 Å². The zero-order chi connectivity index (χ0) is 22.3. The van der Waals surface area contributed by atoms with Crippen molar-refractivity contribution in [1.82, 2.24) is 20.5 Å². The van der Waals surface area contributed by atoms with E-state index in [2.05, 4.69) is 58.4 Å². The standard InChI is InChI=1S/C24H35FN6/c1-5-26-23(29-18-24(2,3)20-7-6-8-21(25)15-20)28-17-19-9-10-22(27-16-19)31-13-11-30(4)12-14-31/h6-10,15-16H,5,11-14,17-18H2,1-4H3,(H2,26,28,29). The van der Waals surface area contributed by atoms with Crippen molar-refractivity contribution in [2.24, 2.45) is 4.99 Å². The Kier molecular flexibility index (Phi) is 7.85. The summed E-state index contributed by atoms with van der Waals surface area (Å²) < 4.78 is 13.6. The summed E-state index contributed by atoms with van der Waals surface area (Å²) >= 11 is 0. The molecule has 2 heterocycles. The summed E-state index contributed by atoms with van der Waals surface area (Å²) in [6.07, 6.45) is 1.91. The Morgan fingerprint density at radius 1 is 1.13 bits per heavy atom. The van der Waals surface area contributed by atoms with Crippen molar-refractivity contribution in [3.63, 3.8) is 0 Å². The van der Waals surface area contributed by atoms with Gasteiger partial charge in [0.05, 0.1) is 6.54 Å². The van der Waals surface area contributed by atoms with Crippen LogP contribution in [0.4, 0.5) is 10.2 Å². The third kappa shape index (κ3) is 6.66. The molecule has 7 heteroatoms. The number of piperazine rings is 1. The van der Waals surface area contributed by atoms with Crippen LogP contribution in [-0.2, 0) is 12.0 Å². The minimum Gasteiger partial charge on any atom is -0.357 e. The monoisotopic (exact) mass is 426 g/mol. The van der Waals surface area contributed by atoms with Gasteiger partial charge in [-0.05, 0) is 43.3 Å². The molecule has 0 atom stereocenters. The van der Waals surface area contributed by atoms with Crippen molar-refractivity contribution >= 4 is 11.8 Å². The number of nitrogens with zero attached hydrogens (tertiary/aromatic N) is 4. The Morgan fingerprint density at radius 3 is 2.55 bits per heavy atom. The molecule has 0 spiro atoms. The van der Waals surface area contributed by atoms with E-state index in [9.17, 15) is 4.39 Å². The van der Waals surface area contributed by atoms with Crippen LogP contribution in [0.1, 0.15) is 31.9 Å². The SMILES string of the molecule is CCNC(=NCc1ccc(N2CCN(C)CC2)nc1)NCC(C)(C)c1cccc(F)c1. The van der Waals surface area contributed by atoms with Gasteiger partial charge in [0.1, 0.15) is 11.6 Å². The third-order valence-electron chi connectivity index (χ3n) is 5.70. The Balaban J connectivity index is 1.59. The molecule has 168 valence electrons. The highest BCUT2D eigenvalue weighted by atomic mass is 19.1. The highest BCUT2D eigenvalue weighted by molar-refractivity contribution is 5.79. The largest absolute Gasteiger partial charge is 0.357 e. The molecule has 31 heavy (non-hydrogen) atoms. The fraction of sp³-hybridized carbons (Fsp3) is 0.500. The second-order valence-electron chi connectivity index (χ2n) is 8.76. The van der Waals surface area contributed by atoms with E-state index in [1.54, 1.807) is 12.1 Å². The number of aromatic nitrogens is 1. The number of rotatable bonds is 7. The van der Waals surface area contributed by atoms with E-state index in [0.29, 0.717) is 13.1 Å². The fourth-order valence-electron chi connectivity index (χ4n) is 3.56. The highest BCUT2D eigenvalue weighted by Crippen LogP contribution is 2.22. The molecule has 1 aromatic carbocycles. The smallest absolute Gasteiger partial charge is 0.191 e. The van der Waals surface area contributed by atoms with E-state index in [1.807, 2.05) is 19.2 Å². The van der Waals surface area contributed by atoms with Crippen LogP contribution >= 0.6 is 0 Å². The van der Waals surface area contributed by atoms with Crippen molar-refractivity contribution in [3.8, 4) is 0 Å². The van der Waals surface area contributed by atoms with Crippen molar-refractivity contribution in [2.45, 2.75) is 32.7 Å². The first-order valence-electron chi connectivity index (χ1n) is 11.0. The first kappa shape index (κ1) is 23.0. The summed E-state index contributed by atoms with van der Waals surface area (Å²) in [5.74, 6) is 1.57. The summed E-state index contributed by atoms with van der Waals surface area (Å²) in [5, 5.41) is 6.69. The minimum absolute atomic E-state index is 0.210. The molecule has 2 aromatic rings. The second kappa shape index (κ2) is 10.6. The quantitative estimate of drug-likeness (QED) is 0.527. The molecule has 0 aliphatic carbocycles. The van der Waals surface area contributed by atoms with Crippen LogP contribution in [-0.4, -0.2) is 62.2 Å². The maximum absolute atomic E-state index is 13.6. The van der Waals surface area contributed by atoms with Gasteiger partial charge >= 0.3 is 0 Å². The van der Waals surface area contributed by atoms with Crippen LogP contribution in [0.25, 0.3) is 0 Å². The zero-order valence-corrected chi connectivity index (χ0v) is 19.2. The van der Waals surface area contributed by atoms with Crippen LogP contribution < -0.4 is 15.5 Å². The van der Waals surface area contributed by atoms with Gasteiger partial charge in [-0.25, -0.2) is 14.4 Å². The van der Waals surface area contributed by atoms with Gasteiger partial charge in [-0.1, -0.05) is 32.0 Å². The van der Waals surface area contributed by atoms with Gasteiger partial charge in [-0.3, -0.25) is 0 Å². The first-order valence-corrected chi connectivity index (χ1v) is 11.0. The van der Waals surface area contributed by atoms with Crippen LogP contribution in [0.2, 0.25) is 0 Å². The molecule has 0 radical (unpaired) electrons. The van der Waals surface area contributed by atoms with Crippen molar-refractivity contribution in [2.75, 3.05) is 51.2 Å². The Hall–Kier alpha value is -2.67. The van der Waals surface area contributed by atoms with Crippen LogP contribution in [0.3, 0.4) is 0 Å². The number of nitrogens with one attached hydrogen (secondary N) is 2. The molecular formula is C24H35FN6. The Bertz CT molecular complexity index is 857. The van der Waals surface area contributed by atoms with Gasteiger partial charge in [-0.15, -0.1) is 0 Å². The molecule has 2 N–H and O–H groups in total. The summed E-state index contributed by atoms with van der Waals surface area (Å²) in [4.78, 5) is 14.0. The summed E-state index contributed by atoms with van der Waals surface area (Å²) in [5.41, 5.74) is 1.79. The third-order valence-corrected chi connectivity index (χ3v) is 5.70. The Labute approximate surface area is 185 Å². The molecule has 1 aromatic heterocycles. The maximum Gasteiger partial charge on any atom is 0.191 e. The van der Waals surface area contributed by atoms with Gasteiger partial charge in [0.25, 0.3) is 0 Å². The van der Waals surface area contributed by atoms with E-state index in [1.165, 1.54) is 6.07 Å². The lowest BCUT2D eigenvalue weighted by atomic mass is 9.84. The molecule has 0 bridgehead atoms. The summed E-state index contributed by atoms with van der Waals surface area (Å²) in [7, 11) is 2.15. The minimum atomic E-state index is -0.232. The van der Waals surface area contributed by atoms with E-state index >= 15 is 0 Å². The van der Waals surface area contributed by atoms with E-state index in [0.717, 1.165) is 55.6 Å². The van der Waals surface area contributed by atoms with Crippen molar-refractivity contribution < 1.29 is 4.39 Å². The van der Waals surface area contributed by atoms with Gasteiger partial charge in [0, 0.05) is 50.9 Å². The molecule has 0 amide bonds. The predicted molar refractivity (Wildman–Crippen MR) is 126 cm³/mol. The van der Waals surface area contributed by atoms with Crippen LogP contribution in [0.5, 0.6) is 0 Å². The number of anilines is 1. The number of aliphatic imine (C=N–C) groups is 1. The van der Waals surface area contributed by atoms with Crippen LogP contribution in [0.15, 0.2) is 47.6 Å². The lowest BCUT2D eigenvalue weighted by Crippen LogP contribution is -2.44. The molecule has 1 fully saturated rings. The first-order chi connectivity index (χ1) is 14.9. The molecule has 0 unspecified atom stereocenters. The number of guanidine groups is 1. The molecule has 1 saturated heterocycles. The van der Waals surface area contributed by atoms with Gasteiger partial charge in [0.2, 0.25) is 0 Å².